The number of fused-ring (bicyclic) bond motifs is 1. The molecule has 0 radical (unpaired) electrons. The van der Waals surface area contributed by atoms with E-state index in [1.165, 1.54) is 0 Å². The van der Waals surface area contributed by atoms with Gasteiger partial charge in [-0.05, 0) is 18.2 Å². The highest BCUT2D eigenvalue weighted by Crippen LogP contribution is 2.41. The van der Waals surface area contributed by atoms with E-state index in [2.05, 4.69) is 17.1 Å². The summed E-state index contributed by atoms with van der Waals surface area (Å²) in [7, 11) is 0. The van der Waals surface area contributed by atoms with Gasteiger partial charge in [0.05, 0.1) is 5.02 Å². The van der Waals surface area contributed by atoms with E-state index >= 15 is 0 Å². The number of hydrogen-bond acceptors (Lipinski definition) is 3. The lowest BCUT2D eigenvalue weighted by Gasteiger charge is -2.32. The molecule has 0 amide bonds. The minimum atomic E-state index is -0.264. The minimum absolute atomic E-state index is 0.264. The molecule has 1 atom stereocenters. The molecule has 5 heteroatoms. The lowest BCUT2D eigenvalue weighted by atomic mass is 9.97. The zero-order valence-corrected chi connectivity index (χ0v) is 12.0. The molecule has 0 bridgehead atoms. The van der Waals surface area contributed by atoms with Crippen LogP contribution in [0.25, 0.3) is 6.08 Å². The Hall–Kier alpha value is -0.740. The number of likely N-dealkylation sites (tertiary alicyclic amines) is 1. The summed E-state index contributed by atoms with van der Waals surface area (Å²) in [4.78, 5) is 2.32. The van der Waals surface area contributed by atoms with Crippen LogP contribution >= 0.6 is 23.2 Å². The maximum absolute atomic E-state index is 6.23. The summed E-state index contributed by atoms with van der Waals surface area (Å²) in [6, 6.07) is 3.60. The van der Waals surface area contributed by atoms with Gasteiger partial charge in [0, 0.05) is 43.2 Å². The Bertz CT molecular complexity index is 532. The van der Waals surface area contributed by atoms with E-state index in [4.69, 9.17) is 33.7 Å². The van der Waals surface area contributed by atoms with E-state index in [9.17, 15) is 0 Å². The van der Waals surface area contributed by atoms with Gasteiger partial charge in [-0.15, -0.1) is 0 Å². The fourth-order valence-electron chi connectivity index (χ4n) is 2.77. The molecule has 2 heterocycles. The van der Waals surface area contributed by atoms with Crippen LogP contribution in [-0.4, -0.2) is 36.7 Å². The summed E-state index contributed by atoms with van der Waals surface area (Å²) in [6.45, 7) is 3.44. The predicted octanol–water partition coefficient (Wildman–Crippen LogP) is 2.80. The number of halogens is 2. The van der Waals surface area contributed by atoms with Crippen LogP contribution in [0, 0.1) is 0 Å². The Morgan fingerprint density at radius 1 is 1.37 bits per heavy atom. The molecule has 0 aliphatic carbocycles. The van der Waals surface area contributed by atoms with E-state index < -0.39 is 0 Å². The number of ether oxygens (including phenoxy) is 1. The summed E-state index contributed by atoms with van der Waals surface area (Å²) in [5, 5.41) is 1.20. The monoisotopic (exact) mass is 298 g/mol. The van der Waals surface area contributed by atoms with Crippen LogP contribution in [0.3, 0.4) is 0 Å². The van der Waals surface area contributed by atoms with Crippen molar-refractivity contribution in [1.82, 2.24) is 4.90 Å². The second-order valence-corrected chi connectivity index (χ2v) is 5.96. The summed E-state index contributed by atoms with van der Waals surface area (Å²) in [5.74, 6) is 0.739. The van der Waals surface area contributed by atoms with Gasteiger partial charge in [-0.2, -0.15) is 0 Å². The molecule has 102 valence electrons. The van der Waals surface area contributed by atoms with E-state index in [1.54, 1.807) is 6.07 Å². The minimum Gasteiger partial charge on any atom is -0.480 e. The topological polar surface area (TPSA) is 38.5 Å². The predicted molar refractivity (Wildman–Crippen MR) is 79.0 cm³/mol. The van der Waals surface area contributed by atoms with Crippen molar-refractivity contribution in [3.8, 4) is 5.75 Å². The van der Waals surface area contributed by atoms with Crippen molar-refractivity contribution < 1.29 is 4.74 Å². The fraction of sp³-hybridized carbons (Fsp3) is 0.429. The van der Waals surface area contributed by atoms with E-state index in [-0.39, 0.29) is 5.60 Å². The van der Waals surface area contributed by atoms with Gasteiger partial charge in [-0.25, -0.2) is 0 Å². The molecule has 19 heavy (non-hydrogen) atoms. The third-order valence-electron chi connectivity index (χ3n) is 3.70. The maximum atomic E-state index is 6.23. The Labute approximate surface area is 122 Å². The van der Waals surface area contributed by atoms with E-state index in [0.717, 1.165) is 37.4 Å². The molecule has 1 unspecified atom stereocenters. The van der Waals surface area contributed by atoms with Crippen LogP contribution in [-0.2, 0) is 0 Å². The molecule has 3 rings (SSSR count). The highest BCUT2D eigenvalue weighted by Gasteiger charge is 2.40. The van der Waals surface area contributed by atoms with Crippen LogP contribution in [0.5, 0.6) is 5.75 Å². The first-order valence-corrected chi connectivity index (χ1v) is 7.17. The van der Waals surface area contributed by atoms with Gasteiger partial charge in [0.25, 0.3) is 0 Å². The average molecular weight is 299 g/mol. The third kappa shape index (κ3) is 2.48. The number of nitrogens with two attached hydrogens (primary N) is 1. The first kappa shape index (κ1) is 13.3. The highest BCUT2D eigenvalue weighted by atomic mass is 35.5. The van der Waals surface area contributed by atoms with Crippen molar-refractivity contribution in [3.63, 3.8) is 0 Å². The lowest BCUT2D eigenvalue weighted by molar-refractivity contribution is 0.124. The van der Waals surface area contributed by atoms with Gasteiger partial charge in [-0.1, -0.05) is 29.3 Å². The molecule has 2 aliphatic heterocycles. The van der Waals surface area contributed by atoms with Crippen LogP contribution in [0.4, 0.5) is 0 Å². The first-order valence-electron chi connectivity index (χ1n) is 6.42. The molecule has 1 aromatic carbocycles. The second kappa shape index (κ2) is 4.98. The van der Waals surface area contributed by atoms with E-state index in [0.29, 0.717) is 16.6 Å². The number of hydrogen-bond donors (Lipinski definition) is 1. The van der Waals surface area contributed by atoms with Crippen molar-refractivity contribution >= 4 is 29.3 Å². The van der Waals surface area contributed by atoms with Crippen molar-refractivity contribution in [2.24, 2.45) is 5.73 Å². The normalized spacial score (nSPS) is 25.6. The zero-order chi connectivity index (χ0) is 13.5. The standard InChI is InChI=1S/C14H16Cl2N2O/c15-11-7-10-1-2-14(19-13(10)12(16)8-11)3-5-18(9-14)6-4-17/h1-2,7-8H,3-6,9,17H2. The van der Waals surface area contributed by atoms with Crippen molar-refractivity contribution in [3.05, 3.63) is 33.8 Å². The molecule has 1 saturated heterocycles. The van der Waals surface area contributed by atoms with Gasteiger partial charge < -0.3 is 10.5 Å². The lowest BCUT2D eigenvalue weighted by Crippen LogP contribution is -2.39. The van der Waals surface area contributed by atoms with Gasteiger partial charge in [0.2, 0.25) is 0 Å². The molecule has 1 aromatic rings. The third-order valence-corrected chi connectivity index (χ3v) is 4.20. The largest absolute Gasteiger partial charge is 0.480 e. The van der Waals surface area contributed by atoms with Crippen molar-refractivity contribution in [2.75, 3.05) is 26.2 Å². The second-order valence-electron chi connectivity index (χ2n) is 5.12. The van der Waals surface area contributed by atoms with Gasteiger partial charge in [0.1, 0.15) is 11.4 Å². The summed E-state index contributed by atoms with van der Waals surface area (Å²) in [5.41, 5.74) is 6.29. The molecule has 3 nitrogen and oxygen atoms in total. The molecule has 0 aromatic heterocycles. The number of rotatable bonds is 2. The van der Waals surface area contributed by atoms with E-state index in [1.807, 2.05) is 6.07 Å². The zero-order valence-electron chi connectivity index (χ0n) is 10.5. The molecule has 2 N–H and O–H groups in total. The molecular formula is C14H16Cl2N2O. The van der Waals surface area contributed by atoms with Crippen molar-refractivity contribution in [2.45, 2.75) is 12.0 Å². The summed E-state index contributed by atoms with van der Waals surface area (Å²) in [6.07, 6.45) is 5.14. The molecular weight excluding hydrogens is 283 g/mol. The van der Waals surface area contributed by atoms with Gasteiger partial charge >= 0.3 is 0 Å². The first-order chi connectivity index (χ1) is 9.12. The Morgan fingerprint density at radius 2 is 2.21 bits per heavy atom. The van der Waals surface area contributed by atoms with Crippen LogP contribution in [0.15, 0.2) is 18.2 Å². The van der Waals surface area contributed by atoms with Gasteiger partial charge in [-0.3, -0.25) is 4.90 Å². The summed E-state index contributed by atoms with van der Waals surface area (Å²) < 4.78 is 6.18. The SMILES string of the molecule is NCCN1CCC2(C=Cc3cc(Cl)cc(Cl)c3O2)C1. The molecule has 0 saturated carbocycles. The van der Waals surface area contributed by atoms with Crippen LogP contribution in [0.2, 0.25) is 10.0 Å². The molecule has 1 spiro atoms. The highest BCUT2D eigenvalue weighted by molar-refractivity contribution is 6.36. The average Bonchev–Trinajstić information content (AvgIpc) is 2.74. The van der Waals surface area contributed by atoms with Crippen LogP contribution < -0.4 is 10.5 Å². The quantitative estimate of drug-likeness (QED) is 0.912. The smallest absolute Gasteiger partial charge is 0.146 e. The summed E-state index contributed by atoms with van der Waals surface area (Å²) >= 11 is 12.2. The number of benzene rings is 1. The fourth-order valence-corrected chi connectivity index (χ4v) is 3.32. The Balaban J connectivity index is 1.87. The Morgan fingerprint density at radius 3 is 3.00 bits per heavy atom. The maximum Gasteiger partial charge on any atom is 0.146 e. The van der Waals surface area contributed by atoms with Crippen molar-refractivity contribution in [1.29, 1.82) is 0 Å². The number of nitrogens with zero attached hydrogens (tertiary/aromatic N) is 1. The van der Waals surface area contributed by atoms with Crippen LogP contribution in [0.1, 0.15) is 12.0 Å². The Kier molecular flexibility index (Phi) is 3.48. The molecule has 2 aliphatic rings. The molecule has 1 fully saturated rings. The van der Waals surface area contributed by atoms with Gasteiger partial charge in [0.15, 0.2) is 0 Å².